The van der Waals surface area contributed by atoms with Crippen LogP contribution in [0, 0.1) is 25.7 Å². The van der Waals surface area contributed by atoms with E-state index in [2.05, 4.69) is 202 Å². The van der Waals surface area contributed by atoms with E-state index in [1.54, 1.807) is 20.9 Å². The Morgan fingerprint density at radius 2 is 0.985 bits per heavy atom. The van der Waals surface area contributed by atoms with Crippen LogP contribution in [0.25, 0.3) is 42.3 Å². The van der Waals surface area contributed by atoms with E-state index < -0.39 is 7.92 Å². The second-order valence-electron chi connectivity index (χ2n) is 18.0. The standard InChI is InChI=1S/C33H44N2S3.C18H15P.C6H2Br2N2S/c1-7-11-13-23(9-3)19-33(20-24(10-4)14-12-8-2)26-17-22(6)36-31(26)32-27(33)18-28(37-32)25-16-15-21(5)29-30(25)35-38-34-29;1-4-10-16(11-5-1)19(17-12-6-2-7-13-17)18-14-8-3-9-15-18;7-3-1-2-4(8)6-5(3)9-11-10-6/h15-18,23-24H,7-14,19-20H2,1-6H3;1-15H;1-2H. The van der Waals surface area contributed by atoms with E-state index in [0.29, 0.717) is 0 Å². The van der Waals surface area contributed by atoms with E-state index in [-0.39, 0.29) is 5.41 Å². The smallest absolute Gasteiger partial charge is 0.120 e. The molecule has 4 nitrogen and oxygen atoms in total. The van der Waals surface area contributed by atoms with Gasteiger partial charge in [0, 0.05) is 39.4 Å². The van der Waals surface area contributed by atoms with Gasteiger partial charge in [0.25, 0.3) is 0 Å². The quantitative estimate of drug-likeness (QED) is 0.0905. The number of unbranched alkanes of at least 4 members (excludes halogenated alkanes) is 2. The highest BCUT2D eigenvalue weighted by molar-refractivity contribution is 9.11. The lowest BCUT2D eigenvalue weighted by Gasteiger charge is -2.37. The lowest BCUT2D eigenvalue weighted by atomic mass is 9.65. The maximum absolute atomic E-state index is 4.75. The van der Waals surface area contributed by atoms with Crippen molar-refractivity contribution >= 4 is 124 Å². The molecule has 0 amide bonds. The van der Waals surface area contributed by atoms with Crippen LogP contribution < -0.4 is 15.9 Å². The Hall–Kier alpha value is -3.47. The number of halogens is 2. The molecular formula is C57H61Br2N4PS4. The molecule has 1 aliphatic rings. The SMILES string of the molecule is Brc1ccc(Br)c2nsnc12.CCCCC(CC)CC1(CC(CC)CCCC)c2cc(C)sc2-c2sc(-c3ccc(C)c4nsnc34)cc21.c1ccc(P(c2ccccc2)c2ccccc2)cc1. The van der Waals surface area contributed by atoms with Crippen molar-refractivity contribution in [1.82, 2.24) is 17.5 Å². The van der Waals surface area contributed by atoms with Crippen molar-refractivity contribution < 1.29 is 0 Å². The van der Waals surface area contributed by atoms with Gasteiger partial charge in [-0.2, -0.15) is 17.5 Å². The van der Waals surface area contributed by atoms with Crippen LogP contribution in [0.5, 0.6) is 0 Å². The van der Waals surface area contributed by atoms with Crippen molar-refractivity contribution in [3.8, 4) is 20.2 Å². The molecule has 0 N–H and O–H groups in total. The van der Waals surface area contributed by atoms with Crippen molar-refractivity contribution in [2.45, 2.75) is 111 Å². The van der Waals surface area contributed by atoms with Gasteiger partial charge < -0.3 is 0 Å². The van der Waals surface area contributed by atoms with Gasteiger partial charge in [0.2, 0.25) is 0 Å². The molecule has 0 aliphatic heterocycles. The van der Waals surface area contributed by atoms with Gasteiger partial charge in [-0.1, -0.05) is 182 Å². The van der Waals surface area contributed by atoms with Gasteiger partial charge in [-0.05, 0) is 135 Å². The molecule has 0 saturated heterocycles. The predicted molar refractivity (Wildman–Crippen MR) is 308 cm³/mol. The fraction of sp³-hybridized carbons (Fsp3) is 0.333. The fourth-order valence-electron chi connectivity index (χ4n) is 9.80. The first-order valence-electron chi connectivity index (χ1n) is 24.2. The number of aromatic nitrogens is 4. The minimum Gasteiger partial charge on any atom is -0.173 e. The summed E-state index contributed by atoms with van der Waals surface area (Å²) < 4.78 is 19.6. The maximum Gasteiger partial charge on any atom is 0.120 e. The van der Waals surface area contributed by atoms with Gasteiger partial charge in [-0.15, -0.1) is 22.7 Å². The van der Waals surface area contributed by atoms with Crippen molar-refractivity contribution in [2.75, 3.05) is 0 Å². The lowest BCUT2D eigenvalue weighted by Crippen LogP contribution is -2.31. The second-order valence-corrected chi connectivity index (χ2v) is 25.3. The van der Waals surface area contributed by atoms with Crippen molar-refractivity contribution in [2.24, 2.45) is 11.8 Å². The zero-order chi connectivity index (χ0) is 47.6. The zero-order valence-electron chi connectivity index (χ0n) is 40.0. The van der Waals surface area contributed by atoms with Crippen LogP contribution >= 0.6 is 85.9 Å². The lowest BCUT2D eigenvalue weighted by molar-refractivity contribution is 0.266. The molecule has 1 aliphatic carbocycles. The Kier molecular flexibility index (Phi) is 18.0. The van der Waals surface area contributed by atoms with Crippen molar-refractivity contribution in [3.63, 3.8) is 0 Å². The Balaban J connectivity index is 0.000000170. The summed E-state index contributed by atoms with van der Waals surface area (Å²) in [5, 5.41) is 4.19. The van der Waals surface area contributed by atoms with Crippen LogP contribution in [-0.2, 0) is 5.41 Å². The van der Waals surface area contributed by atoms with Gasteiger partial charge in [0.1, 0.15) is 22.1 Å². The maximum atomic E-state index is 4.75. The van der Waals surface area contributed by atoms with E-state index in [0.717, 1.165) is 42.8 Å². The number of fused-ring (bicyclic) bond motifs is 5. The molecule has 11 heteroatoms. The monoisotopic (exact) mass is 1120 g/mol. The average Bonchev–Trinajstić information content (AvgIpc) is 4.23. The Bertz CT molecular complexity index is 2850. The van der Waals surface area contributed by atoms with E-state index in [1.165, 1.54) is 124 Å². The summed E-state index contributed by atoms with van der Waals surface area (Å²) in [5.41, 5.74) is 9.88. The number of rotatable bonds is 16. The number of nitrogens with zero attached hydrogens (tertiary/aromatic N) is 4. The summed E-state index contributed by atoms with van der Waals surface area (Å²) >= 11 is 13.4. The van der Waals surface area contributed by atoms with Crippen LogP contribution in [0.3, 0.4) is 0 Å². The van der Waals surface area contributed by atoms with Gasteiger partial charge in [0.15, 0.2) is 0 Å². The highest BCUT2D eigenvalue weighted by Crippen LogP contribution is 2.62. The third kappa shape index (κ3) is 11.3. The Morgan fingerprint density at radius 1 is 0.529 bits per heavy atom. The van der Waals surface area contributed by atoms with Crippen molar-refractivity contribution in [3.05, 3.63) is 158 Å². The Morgan fingerprint density at radius 3 is 1.47 bits per heavy atom. The summed E-state index contributed by atoms with van der Waals surface area (Å²) in [5.74, 6) is 1.55. The second kappa shape index (κ2) is 24.1. The molecule has 4 heterocycles. The molecule has 2 unspecified atom stereocenters. The summed E-state index contributed by atoms with van der Waals surface area (Å²) in [4.78, 5) is 5.94. The van der Waals surface area contributed by atoms with Gasteiger partial charge >= 0.3 is 0 Å². The van der Waals surface area contributed by atoms with Crippen LogP contribution in [0.2, 0.25) is 0 Å². The summed E-state index contributed by atoms with van der Waals surface area (Å²) in [6.07, 6.45) is 13.1. The number of aryl methyl sites for hydroxylation is 2. The predicted octanol–water partition coefficient (Wildman–Crippen LogP) is 18.2. The van der Waals surface area contributed by atoms with E-state index in [1.807, 2.05) is 34.8 Å². The minimum absolute atomic E-state index is 0.136. The molecule has 0 radical (unpaired) electrons. The summed E-state index contributed by atoms with van der Waals surface area (Å²) in [6.45, 7) is 14.0. The minimum atomic E-state index is -0.446. The summed E-state index contributed by atoms with van der Waals surface area (Å²) in [7, 11) is -0.446. The van der Waals surface area contributed by atoms with Gasteiger partial charge in [-0.3, -0.25) is 0 Å². The normalized spacial score (nSPS) is 14.8. The van der Waals surface area contributed by atoms with E-state index >= 15 is 0 Å². The summed E-state index contributed by atoms with van der Waals surface area (Å²) in [6, 6.07) is 45.9. The molecule has 0 saturated carbocycles. The first-order valence-corrected chi connectivity index (χ1v) is 30.2. The molecule has 0 spiro atoms. The molecule has 9 aromatic rings. The average molecular weight is 1120 g/mol. The van der Waals surface area contributed by atoms with Gasteiger partial charge in [-0.25, -0.2) is 0 Å². The first-order chi connectivity index (χ1) is 33.2. The van der Waals surface area contributed by atoms with Crippen LogP contribution in [0.1, 0.15) is 113 Å². The molecule has 10 rings (SSSR count). The van der Waals surface area contributed by atoms with Crippen LogP contribution in [0.15, 0.2) is 136 Å². The molecule has 0 bridgehead atoms. The number of hydrogen-bond acceptors (Lipinski definition) is 8. The Labute approximate surface area is 438 Å². The zero-order valence-corrected chi connectivity index (χ0v) is 47.3. The number of benzene rings is 5. The highest BCUT2D eigenvalue weighted by atomic mass is 79.9. The largest absolute Gasteiger partial charge is 0.173 e. The number of hydrogen-bond donors (Lipinski definition) is 0. The molecule has 352 valence electrons. The van der Waals surface area contributed by atoms with Gasteiger partial charge in [0.05, 0.1) is 23.5 Å². The number of thiophene rings is 2. The molecule has 4 aromatic heterocycles. The highest BCUT2D eigenvalue weighted by Gasteiger charge is 2.47. The fourth-order valence-corrected chi connectivity index (χ4v) is 16.9. The van der Waals surface area contributed by atoms with Crippen LogP contribution in [0.4, 0.5) is 0 Å². The molecule has 5 aromatic carbocycles. The van der Waals surface area contributed by atoms with E-state index in [9.17, 15) is 0 Å². The van der Waals surface area contributed by atoms with Crippen molar-refractivity contribution in [1.29, 1.82) is 0 Å². The third-order valence-corrected chi connectivity index (χ3v) is 20.6. The third-order valence-electron chi connectivity index (χ3n) is 13.4. The van der Waals surface area contributed by atoms with E-state index in [4.69, 9.17) is 4.37 Å². The molecule has 0 fully saturated rings. The molecule has 2 atom stereocenters. The topological polar surface area (TPSA) is 51.6 Å². The molecule has 68 heavy (non-hydrogen) atoms. The molecular weight excluding hydrogens is 1060 g/mol. The first kappa shape index (κ1) is 50.9. The van der Waals surface area contributed by atoms with Crippen LogP contribution in [-0.4, -0.2) is 17.5 Å².